The van der Waals surface area contributed by atoms with Crippen molar-refractivity contribution in [2.45, 2.75) is 65.2 Å². The SMILES string of the molecule is C[C@@H]1CN(C(=O)N[C@H](C)c2nc(C(C)(C)C)cs2)C[C@@H](C)O1. The Balaban J connectivity index is 1.97. The fourth-order valence-electron chi connectivity index (χ4n) is 2.51. The number of thiazole rings is 1. The van der Waals surface area contributed by atoms with Crippen LogP contribution in [-0.2, 0) is 10.2 Å². The van der Waals surface area contributed by atoms with Gasteiger partial charge in [0.25, 0.3) is 0 Å². The predicted molar refractivity (Wildman–Crippen MR) is 89.3 cm³/mol. The number of rotatable bonds is 2. The Morgan fingerprint density at radius 1 is 1.41 bits per heavy atom. The minimum absolute atomic E-state index is 0.0353. The summed E-state index contributed by atoms with van der Waals surface area (Å²) >= 11 is 1.61. The minimum Gasteiger partial charge on any atom is -0.372 e. The smallest absolute Gasteiger partial charge is 0.318 e. The maximum Gasteiger partial charge on any atom is 0.318 e. The number of urea groups is 1. The summed E-state index contributed by atoms with van der Waals surface area (Å²) in [6.45, 7) is 13.7. The molecule has 0 aromatic carbocycles. The average molecular weight is 325 g/mol. The first kappa shape index (κ1) is 17.2. The summed E-state index contributed by atoms with van der Waals surface area (Å²) in [7, 11) is 0. The number of hydrogen-bond donors (Lipinski definition) is 1. The average Bonchev–Trinajstić information content (AvgIpc) is 2.86. The van der Waals surface area contributed by atoms with Crippen molar-refractivity contribution >= 4 is 17.4 Å². The van der Waals surface area contributed by atoms with Crippen molar-refractivity contribution in [3.05, 3.63) is 16.1 Å². The van der Waals surface area contributed by atoms with Crippen LogP contribution >= 0.6 is 11.3 Å². The number of carbonyl (C=O) groups is 1. The topological polar surface area (TPSA) is 54.5 Å². The van der Waals surface area contributed by atoms with E-state index in [1.807, 2.05) is 25.7 Å². The van der Waals surface area contributed by atoms with Gasteiger partial charge < -0.3 is 15.0 Å². The largest absolute Gasteiger partial charge is 0.372 e. The molecule has 6 heteroatoms. The lowest BCUT2D eigenvalue weighted by molar-refractivity contribution is -0.0547. The number of ether oxygens (including phenoxy) is 1. The molecule has 1 N–H and O–H groups in total. The molecule has 0 saturated carbocycles. The molecule has 2 rings (SSSR count). The fourth-order valence-corrected chi connectivity index (χ4v) is 3.57. The first-order chi connectivity index (χ1) is 10.2. The summed E-state index contributed by atoms with van der Waals surface area (Å²) in [5.41, 5.74) is 1.11. The van der Waals surface area contributed by atoms with Crippen molar-refractivity contribution in [3.63, 3.8) is 0 Å². The Kier molecular flexibility index (Phi) is 5.12. The Hall–Kier alpha value is -1.14. The van der Waals surface area contributed by atoms with Crippen LogP contribution in [0.3, 0.4) is 0 Å². The molecule has 0 bridgehead atoms. The van der Waals surface area contributed by atoms with Gasteiger partial charge in [-0.3, -0.25) is 0 Å². The number of carbonyl (C=O) groups excluding carboxylic acids is 1. The molecule has 1 aromatic rings. The highest BCUT2D eigenvalue weighted by atomic mass is 32.1. The first-order valence-corrected chi connectivity index (χ1v) is 8.71. The standard InChI is InChI=1S/C16H27N3O2S/c1-10-7-19(8-11(2)21-10)15(20)17-12(3)14-18-13(9-22-14)16(4,5)6/h9-12H,7-8H2,1-6H3,(H,17,20)/t10-,11-,12-/m1/s1. The molecule has 1 aliphatic heterocycles. The zero-order chi connectivity index (χ0) is 16.5. The summed E-state index contributed by atoms with van der Waals surface area (Å²) < 4.78 is 5.66. The third-order valence-electron chi connectivity index (χ3n) is 3.71. The molecule has 1 fully saturated rings. The first-order valence-electron chi connectivity index (χ1n) is 7.83. The summed E-state index contributed by atoms with van der Waals surface area (Å²) in [5, 5.41) is 6.08. The van der Waals surface area contributed by atoms with Crippen molar-refractivity contribution in [1.29, 1.82) is 0 Å². The third kappa shape index (κ3) is 4.20. The molecule has 3 atom stereocenters. The van der Waals surface area contributed by atoms with Crippen LogP contribution < -0.4 is 5.32 Å². The summed E-state index contributed by atoms with van der Waals surface area (Å²) in [5.74, 6) is 0. The zero-order valence-corrected chi connectivity index (χ0v) is 15.2. The Bertz CT molecular complexity index is 514. The lowest BCUT2D eigenvalue weighted by Gasteiger charge is -2.35. The Labute approximate surface area is 137 Å². The van der Waals surface area contributed by atoms with Crippen LogP contribution in [-0.4, -0.2) is 41.2 Å². The molecule has 0 aliphatic carbocycles. The number of morpholine rings is 1. The molecule has 22 heavy (non-hydrogen) atoms. The second-order valence-corrected chi connectivity index (χ2v) is 8.04. The molecular formula is C16H27N3O2S. The van der Waals surface area contributed by atoms with Crippen LogP contribution in [0.4, 0.5) is 4.79 Å². The number of aromatic nitrogens is 1. The van der Waals surface area contributed by atoms with Crippen molar-refractivity contribution in [2.75, 3.05) is 13.1 Å². The highest BCUT2D eigenvalue weighted by Gasteiger charge is 2.27. The van der Waals surface area contributed by atoms with Crippen molar-refractivity contribution < 1.29 is 9.53 Å². The van der Waals surface area contributed by atoms with Crippen LogP contribution in [0.1, 0.15) is 58.3 Å². The van der Waals surface area contributed by atoms with E-state index in [2.05, 4.69) is 36.5 Å². The molecule has 2 heterocycles. The minimum atomic E-state index is -0.0814. The van der Waals surface area contributed by atoms with Gasteiger partial charge in [-0.2, -0.15) is 0 Å². The molecule has 1 aromatic heterocycles. The van der Waals surface area contributed by atoms with Gasteiger partial charge in [-0.05, 0) is 20.8 Å². The van der Waals surface area contributed by atoms with Gasteiger partial charge in [0.2, 0.25) is 0 Å². The van der Waals surface area contributed by atoms with E-state index in [4.69, 9.17) is 4.74 Å². The maximum absolute atomic E-state index is 12.4. The quantitative estimate of drug-likeness (QED) is 0.907. The van der Waals surface area contributed by atoms with Gasteiger partial charge in [-0.1, -0.05) is 20.8 Å². The molecule has 2 amide bonds. The normalized spacial score (nSPS) is 24.2. The Morgan fingerprint density at radius 2 is 2.00 bits per heavy atom. The number of nitrogens with one attached hydrogen (secondary N) is 1. The fraction of sp³-hybridized carbons (Fsp3) is 0.750. The van der Waals surface area contributed by atoms with Crippen molar-refractivity contribution in [3.8, 4) is 0 Å². The number of nitrogens with zero attached hydrogens (tertiary/aromatic N) is 2. The predicted octanol–water partition coefficient (Wildman–Crippen LogP) is 3.32. The van der Waals surface area contributed by atoms with Crippen LogP contribution in [0.5, 0.6) is 0 Å². The number of hydrogen-bond acceptors (Lipinski definition) is 4. The van der Waals surface area contributed by atoms with Crippen molar-refractivity contribution in [1.82, 2.24) is 15.2 Å². The van der Waals surface area contributed by atoms with Crippen LogP contribution in [0.25, 0.3) is 0 Å². The van der Waals surface area contributed by atoms with Crippen LogP contribution in [0.2, 0.25) is 0 Å². The summed E-state index contributed by atoms with van der Waals surface area (Å²) in [4.78, 5) is 18.9. The highest BCUT2D eigenvalue weighted by Crippen LogP contribution is 2.26. The molecule has 5 nitrogen and oxygen atoms in total. The lowest BCUT2D eigenvalue weighted by atomic mass is 9.93. The van der Waals surface area contributed by atoms with E-state index in [9.17, 15) is 4.79 Å². The van der Waals surface area contributed by atoms with E-state index in [1.165, 1.54) is 0 Å². The van der Waals surface area contributed by atoms with Crippen LogP contribution in [0.15, 0.2) is 5.38 Å². The van der Waals surface area contributed by atoms with Crippen molar-refractivity contribution in [2.24, 2.45) is 0 Å². The van der Waals surface area contributed by atoms with E-state index in [-0.39, 0.29) is 29.7 Å². The van der Waals surface area contributed by atoms with E-state index in [0.29, 0.717) is 13.1 Å². The van der Waals surface area contributed by atoms with Gasteiger partial charge in [-0.15, -0.1) is 11.3 Å². The molecular weight excluding hydrogens is 298 g/mol. The van der Waals surface area contributed by atoms with Gasteiger partial charge in [0, 0.05) is 23.9 Å². The van der Waals surface area contributed by atoms with Gasteiger partial charge >= 0.3 is 6.03 Å². The molecule has 1 aliphatic rings. The van der Waals surface area contributed by atoms with Gasteiger partial charge in [0.1, 0.15) is 5.01 Å². The lowest BCUT2D eigenvalue weighted by Crippen LogP contribution is -2.52. The molecule has 1 saturated heterocycles. The molecule has 0 spiro atoms. The Morgan fingerprint density at radius 3 is 2.50 bits per heavy atom. The maximum atomic E-state index is 12.4. The second-order valence-electron chi connectivity index (χ2n) is 7.15. The summed E-state index contributed by atoms with van der Waals surface area (Å²) in [6, 6.07) is -0.121. The van der Waals surface area contributed by atoms with E-state index in [1.54, 1.807) is 11.3 Å². The third-order valence-corrected chi connectivity index (χ3v) is 4.74. The molecule has 124 valence electrons. The highest BCUT2D eigenvalue weighted by molar-refractivity contribution is 7.09. The summed E-state index contributed by atoms with van der Waals surface area (Å²) in [6.07, 6.45) is 0.161. The second kappa shape index (κ2) is 6.54. The van der Waals surface area contributed by atoms with Crippen LogP contribution in [0, 0.1) is 0 Å². The number of amides is 2. The van der Waals surface area contributed by atoms with Gasteiger partial charge in [-0.25, -0.2) is 9.78 Å². The van der Waals surface area contributed by atoms with E-state index < -0.39 is 0 Å². The monoisotopic (exact) mass is 325 g/mol. The van der Waals surface area contributed by atoms with E-state index in [0.717, 1.165) is 10.7 Å². The molecule has 0 unspecified atom stereocenters. The zero-order valence-electron chi connectivity index (χ0n) is 14.3. The van der Waals surface area contributed by atoms with E-state index >= 15 is 0 Å². The molecule has 0 radical (unpaired) electrons. The van der Waals surface area contributed by atoms with Gasteiger partial charge in [0.05, 0.1) is 23.9 Å². The van der Waals surface area contributed by atoms with Gasteiger partial charge in [0.15, 0.2) is 0 Å².